The van der Waals surface area contributed by atoms with Crippen molar-refractivity contribution >= 4 is 51.8 Å². The normalized spacial score (nSPS) is 10.7. The first kappa shape index (κ1) is 19.0. The third kappa shape index (κ3) is 4.26. The average molecular weight is 423 g/mol. The number of oxazole rings is 1. The summed E-state index contributed by atoms with van der Waals surface area (Å²) >= 11 is 11.4. The van der Waals surface area contributed by atoms with E-state index in [1.165, 1.54) is 0 Å². The molecule has 0 unspecified atom stereocenters. The Morgan fingerprint density at radius 3 is 2.66 bits per heavy atom. The van der Waals surface area contributed by atoms with E-state index < -0.39 is 0 Å². The summed E-state index contributed by atoms with van der Waals surface area (Å²) in [6.45, 7) is 1.90. The summed E-state index contributed by atoms with van der Waals surface area (Å²) in [5, 5.41) is 6.15. The molecule has 2 N–H and O–H groups in total. The van der Waals surface area contributed by atoms with Gasteiger partial charge in [0.15, 0.2) is 16.3 Å². The topological polar surface area (TPSA) is 80.0 Å². The fourth-order valence-corrected chi connectivity index (χ4v) is 3.26. The smallest absolute Gasteiger partial charge is 0.258 e. The van der Waals surface area contributed by atoms with Gasteiger partial charge in [0.2, 0.25) is 5.89 Å². The number of hydrogen-bond donors (Lipinski definition) is 2. The number of nitrogens with one attached hydrogen (secondary N) is 2. The highest BCUT2D eigenvalue weighted by Crippen LogP contribution is 2.24. The number of pyridine rings is 1. The lowest BCUT2D eigenvalue weighted by atomic mass is 10.1. The number of anilines is 1. The van der Waals surface area contributed by atoms with E-state index in [1.54, 1.807) is 24.4 Å². The molecule has 0 aliphatic heterocycles. The molecule has 0 fully saturated rings. The molecular weight excluding hydrogens is 408 g/mol. The van der Waals surface area contributed by atoms with Gasteiger partial charge in [-0.2, -0.15) is 4.98 Å². The predicted molar refractivity (Wildman–Crippen MR) is 117 cm³/mol. The minimum absolute atomic E-state index is 0.172. The average Bonchev–Trinajstić information content (AvgIpc) is 3.12. The van der Waals surface area contributed by atoms with Crippen LogP contribution in [0.5, 0.6) is 0 Å². The third-order valence-electron chi connectivity index (χ3n) is 4.15. The number of carbonyl (C=O) groups is 1. The number of fused-ring (bicyclic) bond motifs is 1. The maximum Gasteiger partial charge on any atom is 0.258 e. The van der Waals surface area contributed by atoms with Crippen LogP contribution in [0.15, 0.2) is 65.2 Å². The number of halogens is 1. The van der Waals surface area contributed by atoms with E-state index in [1.807, 2.05) is 43.3 Å². The first-order valence-corrected chi connectivity index (χ1v) is 9.49. The molecule has 2 heterocycles. The van der Waals surface area contributed by atoms with E-state index in [-0.39, 0.29) is 11.0 Å². The van der Waals surface area contributed by atoms with Crippen molar-refractivity contribution in [2.45, 2.75) is 6.92 Å². The van der Waals surface area contributed by atoms with Gasteiger partial charge in [-0.1, -0.05) is 17.7 Å². The Kier molecular flexibility index (Phi) is 5.24. The quantitative estimate of drug-likeness (QED) is 0.453. The molecule has 2 aromatic carbocycles. The van der Waals surface area contributed by atoms with Gasteiger partial charge in [0.25, 0.3) is 5.91 Å². The van der Waals surface area contributed by atoms with Crippen molar-refractivity contribution in [3.05, 3.63) is 76.9 Å². The van der Waals surface area contributed by atoms with Gasteiger partial charge < -0.3 is 9.73 Å². The lowest BCUT2D eigenvalue weighted by Gasteiger charge is -2.11. The molecule has 0 aliphatic carbocycles. The Balaban J connectivity index is 1.43. The largest absolute Gasteiger partial charge is 0.434 e. The summed E-state index contributed by atoms with van der Waals surface area (Å²) in [6.07, 6.45) is 1.67. The molecule has 0 saturated heterocycles. The molecule has 0 aliphatic rings. The van der Waals surface area contributed by atoms with Gasteiger partial charge in [0.05, 0.1) is 10.6 Å². The zero-order valence-corrected chi connectivity index (χ0v) is 16.8. The van der Waals surface area contributed by atoms with E-state index in [4.69, 9.17) is 28.2 Å². The molecule has 6 nitrogen and oxygen atoms in total. The van der Waals surface area contributed by atoms with E-state index in [0.717, 1.165) is 11.1 Å². The summed E-state index contributed by atoms with van der Waals surface area (Å²) in [6, 6.07) is 16.1. The molecule has 0 saturated carbocycles. The van der Waals surface area contributed by atoms with Crippen LogP contribution >= 0.6 is 23.8 Å². The maximum absolute atomic E-state index is 12.4. The first-order valence-electron chi connectivity index (χ1n) is 8.70. The Morgan fingerprint density at radius 2 is 1.93 bits per heavy atom. The molecule has 2 aromatic heterocycles. The van der Waals surface area contributed by atoms with Crippen LogP contribution in [0.2, 0.25) is 5.02 Å². The highest BCUT2D eigenvalue weighted by Gasteiger charge is 2.13. The zero-order chi connectivity index (χ0) is 20.4. The minimum Gasteiger partial charge on any atom is -0.434 e. The summed E-state index contributed by atoms with van der Waals surface area (Å²) in [7, 11) is 0. The summed E-state index contributed by atoms with van der Waals surface area (Å²) in [4.78, 5) is 20.9. The van der Waals surface area contributed by atoms with Crippen molar-refractivity contribution in [1.29, 1.82) is 0 Å². The Morgan fingerprint density at radius 1 is 1.14 bits per heavy atom. The summed E-state index contributed by atoms with van der Waals surface area (Å²) < 4.78 is 5.71. The molecule has 4 aromatic rings. The second kappa shape index (κ2) is 7.98. The lowest BCUT2D eigenvalue weighted by molar-refractivity contribution is 0.0978. The van der Waals surface area contributed by atoms with Crippen LogP contribution in [-0.2, 0) is 0 Å². The number of aryl methyl sites for hydroxylation is 1. The maximum atomic E-state index is 12.4. The van der Waals surface area contributed by atoms with E-state index >= 15 is 0 Å². The Labute approximate surface area is 176 Å². The van der Waals surface area contributed by atoms with E-state index in [2.05, 4.69) is 20.6 Å². The number of thiocarbonyl (C=S) groups is 1. The monoisotopic (exact) mass is 422 g/mol. The number of aromatic nitrogens is 2. The fraction of sp³-hybridized carbons (Fsp3) is 0.0476. The van der Waals surface area contributed by atoms with Crippen LogP contribution in [0.3, 0.4) is 0 Å². The van der Waals surface area contributed by atoms with Gasteiger partial charge >= 0.3 is 0 Å². The Bertz CT molecular complexity index is 1190. The molecule has 29 heavy (non-hydrogen) atoms. The zero-order valence-electron chi connectivity index (χ0n) is 15.3. The SMILES string of the molecule is Cc1ccc(C(=O)NC(=S)Nc2ccc(-c3nc4ncccc4o3)cc2)c(Cl)c1. The molecular formula is C21H15ClN4O2S. The number of nitrogens with zero attached hydrogens (tertiary/aromatic N) is 2. The second-order valence-corrected chi connectivity index (χ2v) is 7.13. The van der Waals surface area contributed by atoms with Crippen LogP contribution in [0.25, 0.3) is 22.7 Å². The van der Waals surface area contributed by atoms with Gasteiger partial charge in [-0.15, -0.1) is 0 Å². The molecule has 0 bridgehead atoms. The standard InChI is InChI=1S/C21H15ClN4O2S/c1-12-4-9-15(16(22)11-12)19(27)26-21(29)24-14-7-5-13(6-8-14)20-25-18-17(28-20)3-2-10-23-18/h2-11H,1H3,(H2,24,26,27,29). The molecule has 0 radical (unpaired) electrons. The van der Waals surface area contributed by atoms with Gasteiger partial charge in [0, 0.05) is 17.4 Å². The van der Waals surface area contributed by atoms with Gasteiger partial charge in [-0.3, -0.25) is 10.1 Å². The molecule has 144 valence electrons. The van der Waals surface area contributed by atoms with Crippen LogP contribution in [-0.4, -0.2) is 21.0 Å². The highest BCUT2D eigenvalue weighted by molar-refractivity contribution is 7.80. The van der Waals surface area contributed by atoms with E-state index in [0.29, 0.717) is 33.4 Å². The van der Waals surface area contributed by atoms with Crippen molar-refractivity contribution in [2.24, 2.45) is 0 Å². The molecule has 4 rings (SSSR count). The van der Waals surface area contributed by atoms with Gasteiger partial charge in [-0.25, -0.2) is 4.98 Å². The second-order valence-electron chi connectivity index (χ2n) is 6.31. The summed E-state index contributed by atoms with van der Waals surface area (Å²) in [5.74, 6) is 0.109. The summed E-state index contributed by atoms with van der Waals surface area (Å²) in [5.41, 5.74) is 4.04. The number of benzene rings is 2. The highest BCUT2D eigenvalue weighted by atomic mass is 35.5. The van der Waals surface area contributed by atoms with Crippen molar-refractivity contribution in [2.75, 3.05) is 5.32 Å². The van der Waals surface area contributed by atoms with Gasteiger partial charge in [0.1, 0.15) is 0 Å². The fourth-order valence-electron chi connectivity index (χ4n) is 2.73. The van der Waals surface area contributed by atoms with E-state index in [9.17, 15) is 4.79 Å². The van der Waals surface area contributed by atoms with Crippen molar-refractivity contribution in [3.63, 3.8) is 0 Å². The number of hydrogen-bond acceptors (Lipinski definition) is 5. The third-order valence-corrected chi connectivity index (χ3v) is 4.67. The van der Waals surface area contributed by atoms with Crippen LogP contribution in [0.4, 0.5) is 5.69 Å². The molecule has 1 amide bonds. The van der Waals surface area contributed by atoms with Gasteiger partial charge in [-0.05, 0) is 73.2 Å². The minimum atomic E-state index is -0.372. The molecule has 0 spiro atoms. The van der Waals surface area contributed by atoms with Crippen LogP contribution in [0.1, 0.15) is 15.9 Å². The van der Waals surface area contributed by atoms with Crippen LogP contribution < -0.4 is 10.6 Å². The van der Waals surface area contributed by atoms with Crippen molar-refractivity contribution < 1.29 is 9.21 Å². The predicted octanol–water partition coefficient (Wildman–Crippen LogP) is 4.98. The lowest BCUT2D eigenvalue weighted by Crippen LogP contribution is -2.34. The molecule has 8 heteroatoms. The Hall–Kier alpha value is -3.29. The van der Waals surface area contributed by atoms with Crippen molar-refractivity contribution in [1.82, 2.24) is 15.3 Å². The number of carbonyl (C=O) groups excluding carboxylic acids is 1. The molecule has 0 atom stereocenters. The number of amides is 1. The van der Waals surface area contributed by atoms with Crippen molar-refractivity contribution in [3.8, 4) is 11.5 Å². The van der Waals surface area contributed by atoms with Crippen LogP contribution in [0, 0.1) is 6.92 Å². The first-order chi connectivity index (χ1) is 14.0. The number of rotatable bonds is 3.